The summed E-state index contributed by atoms with van der Waals surface area (Å²) in [6.45, 7) is 6.21. The van der Waals surface area contributed by atoms with Crippen molar-refractivity contribution in [3.05, 3.63) is 96.8 Å². The van der Waals surface area contributed by atoms with E-state index in [9.17, 15) is 14.0 Å². The van der Waals surface area contributed by atoms with Crippen LogP contribution in [0.5, 0.6) is 0 Å². The normalized spacial score (nSPS) is 11.3. The van der Waals surface area contributed by atoms with Crippen molar-refractivity contribution in [1.82, 2.24) is 9.13 Å². The number of fused-ring (bicyclic) bond motifs is 1. The lowest BCUT2D eigenvalue weighted by Gasteiger charge is -2.13. The molecule has 4 rings (SSSR count). The quantitative estimate of drug-likeness (QED) is 0.519. The minimum atomic E-state index is -0.423. The van der Waals surface area contributed by atoms with E-state index in [2.05, 4.69) is 0 Å². The molecule has 4 aromatic rings. The molecule has 0 radical (unpaired) electrons. The Morgan fingerprint density at radius 1 is 0.964 bits per heavy atom. The summed E-state index contributed by atoms with van der Waals surface area (Å²) >= 11 is 1.45. The molecule has 2 aromatic heterocycles. The molecule has 6 heteroatoms. The predicted octanol–water partition coefficient (Wildman–Crippen LogP) is 4.33. The molecular formula is C22H19FN2O2S. The van der Waals surface area contributed by atoms with Gasteiger partial charge in [-0.1, -0.05) is 24.3 Å². The first kappa shape index (κ1) is 18.4. The summed E-state index contributed by atoms with van der Waals surface area (Å²) in [6, 6.07) is 13.3. The summed E-state index contributed by atoms with van der Waals surface area (Å²) < 4.78 is 16.2. The van der Waals surface area contributed by atoms with E-state index in [4.69, 9.17) is 0 Å². The van der Waals surface area contributed by atoms with Crippen LogP contribution in [-0.4, -0.2) is 9.13 Å². The number of hydrogen-bond donors (Lipinski definition) is 0. The first-order valence-electron chi connectivity index (χ1n) is 8.94. The van der Waals surface area contributed by atoms with Gasteiger partial charge < -0.3 is 0 Å². The van der Waals surface area contributed by atoms with Gasteiger partial charge in [-0.15, -0.1) is 11.3 Å². The molecule has 0 spiro atoms. The molecule has 0 aliphatic rings. The van der Waals surface area contributed by atoms with Crippen LogP contribution in [0.3, 0.4) is 0 Å². The molecule has 0 saturated carbocycles. The predicted molar refractivity (Wildman–Crippen MR) is 111 cm³/mol. The van der Waals surface area contributed by atoms with E-state index >= 15 is 0 Å². The Bertz CT molecular complexity index is 1310. The summed E-state index contributed by atoms with van der Waals surface area (Å²) in [7, 11) is 0. The van der Waals surface area contributed by atoms with Gasteiger partial charge in [0.2, 0.25) is 0 Å². The van der Waals surface area contributed by atoms with Crippen molar-refractivity contribution in [3.8, 4) is 5.69 Å². The molecule has 2 heterocycles. The smallest absolute Gasteiger partial charge is 0.279 e. The third kappa shape index (κ3) is 2.90. The number of hydrogen-bond acceptors (Lipinski definition) is 3. The van der Waals surface area contributed by atoms with E-state index in [1.807, 2.05) is 45.0 Å². The van der Waals surface area contributed by atoms with E-state index in [0.29, 0.717) is 22.4 Å². The maximum Gasteiger partial charge on any atom is 0.337 e. The van der Waals surface area contributed by atoms with Crippen LogP contribution in [0.15, 0.2) is 58.1 Å². The van der Waals surface area contributed by atoms with Crippen LogP contribution in [-0.2, 0) is 6.54 Å². The highest BCUT2D eigenvalue weighted by atomic mass is 32.1. The van der Waals surface area contributed by atoms with Gasteiger partial charge in [0.25, 0.3) is 5.56 Å². The Hall–Kier alpha value is -2.99. The van der Waals surface area contributed by atoms with Crippen molar-refractivity contribution < 1.29 is 4.39 Å². The van der Waals surface area contributed by atoms with E-state index in [1.54, 1.807) is 4.57 Å². The van der Waals surface area contributed by atoms with Gasteiger partial charge in [0.1, 0.15) is 10.6 Å². The van der Waals surface area contributed by atoms with Crippen molar-refractivity contribution in [2.24, 2.45) is 0 Å². The van der Waals surface area contributed by atoms with Gasteiger partial charge in [-0.3, -0.25) is 9.36 Å². The van der Waals surface area contributed by atoms with Crippen LogP contribution in [0.25, 0.3) is 15.9 Å². The van der Waals surface area contributed by atoms with Crippen LogP contribution in [0.1, 0.15) is 21.6 Å². The van der Waals surface area contributed by atoms with Crippen LogP contribution < -0.4 is 11.2 Å². The largest absolute Gasteiger partial charge is 0.337 e. The van der Waals surface area contributed by atoms with Crippen LogP contribution >= 0.6 is 11.3 Å². The topological polar surface area (TPSA) is 44.0 Å². The number of rotatable bonds is 3. The van der Waals surface area contributed by atoms with Gasteiger partial charge in [0.15, 0.2) is 0 Å². The fourth-order valence-electron chi connectivity index (χ4n) is 3.37. The average molecular weight is 394 g/mol. The Balaban J connectivity index is 2.07. The Kier molecular flexibility index (Phi) is 4.51. The molecule has 0 atom stereocenters. The maximum absolute atomic E-state index is 13.4. The second-order valence-corrected chi connectivity index (χ2v) is 8.08. The highest BCUT2D eigenvalue weighted by molar-refractivity contribution is 7.18. The van der Waals surface area contributed by atoms with Gasteiger partial charge in [-0.2, -0.15) is 0 Å². The molecule has 0 amide bonds. The van der Waals surface area contributed by atoms with Gasteiger partial charge in [-0.05, 0) is 61.7 Å². The zero-order valence-corrected chi connectivity index (χ0v) is 16.6. The van der Waals surface area contributed by atoms with Gasteiger partial charge >= 0.3 is 5.69 Å². The number of nitrogens with zero attached hydrogens (tertiary/aromatic N) is 2. The van der Waals surface area contributed by atoms with Crippen molar-refractivity contribution in [1.29, 1.82) is 0 Å². The molecule has 0 aliphatic carbocycles. The van der Waals surface area contributed by atoms with E-state index < -0.39 is 11.5 Å². The van der Waals surface area contributed by atoms with Crippen molar-refractivity contribution in [3.63, 3.8) is 0 Å². The minimum absolute atomic E-state index is 0.361. The lowest BCUT2D eigenvalue weighted by Crippen LogP contribution is -2.39. The SMILES string of the molecule is Cc1ccccc1Cn1c(=O)n(-c2ccc(F)cc2)c(=O)c2c(C)c(C)sc21. The zero-order chi connectivity index (χ0) is 20.0. The Morgan fingerprint density at radius 2 is 1.64 bits per heavy atom. The van der Waals surface area contributed by atoms with Gasteiger partial charge in [0, 0.05) is 4.88 Å². The molecular weight excluding hydrogens is 375 g/mol. The number of benzene rings is 2. The highest BCUT2D eigenvalue weighted by Gasteiger charge is 2.20. The molecule has 0 unspecified atom stereocenters. The third-order valence-electron chi connectivity index (χ3n) is 5.13. The van der Waals surface area contributed by atoms with Crippen LogP contribution in [0.2, 0.25) is 0 Å². The summed E-state index contributed by atoms with van der Waals surface area (Å²) in [5, 5.41) is 0.542. The van der Waals surface area contributed by atoms with Crippen molar-refractivity contribution >= 4 is 21.6 Å². The molecule has 0 N–H and O–H groups in total. The van der Waals surface area contributed by atoms with Gasteiger partial charge in [-0.25, -0.2) is 13.8 Å². The standard InChI is InChI=1S/C22H19FN2O2S/c1-13-6-4-5-7-16(13)12-24-21-19(14(2)15(3)28-21)20(26)25(22(24)27)18-10-8-17(23)9-11-18/h4-11H,12H2,1-3H3. The fourth-order valence-corrected chi connectivity index (χ4v) is 4.51. The molecule has 0 aliphatic heterocycles. The zero-order valence-electron chi connectivity index (χ0n) is 15.8. The molecule has 28 heavy (non-hydrogen) atoms. The van der Waals surface area contributed by atoms with Crippen LogP contribution in [0, 0.1) is 26.6 Å². The molecule has 142 valence electrons. The lowest BCUT2D eigenvalue weighted by atomic mass is 10.1. The second-order valence-electron chi connectivity index (χ2n) is 6.88. The Labute approximate surface area is 165 Å². The Morgan fingerprint density at radius 3 is 2.32 bits per heavy atom. The molecule has 0 bridgehead atoms. The van der Waals surface area contributed by atoms with E-state index in [0.717, 1.165) is 26.1 Å². The van der Waals surface area contributed by atoms with E-state index in [1.165, 1.54) is 35.6 Å². The summed E-state index contributed by atoms with van der Waals surface area (Å²) in [6.07, 6.45) is 0. The van der Waals surface area contributed by atoms with Crippen LogP contribution in [0.4, 0.5) is 4.39 Å². The fraction of sp³-hybridized carbons (Fsp3) is 0.182. The monoisotopic (exact) mass is 394 g/mol. The first-order valence-corrected chi connectivity index (χ1v) is 9.76. The van der Waals surface area contributed by atoms with Crippen molar-refractivity contribution in [2.45, 2.75) is 27.3 Å². The highest BCUT2D eigenvalue weighted by Crippen LogP contribution is 2.27. The number of thiophene rings is 1. The number of aryl methyl sites for hydroxylation is 3. The van der Waals surface area contributed by atoms with Gasteiger partial charge in [0.05, 0.1) is 17.6 Å². The second kappa shape index (κ2) is 6.87. The number of halogens is 1. The molecule has 0 saturated heterocycles. The maximum atomic E-state index is 13.4. The average Bonchev–Trinajstić information content (AvgIpc) is 2.97. The molecule has 2 aromatic carbocycles. The molecule has 4 nitrogen and oxygen atoms in total. The third-order valence-corrected chi connectivity index (χ3v) is 6.36. The summed E-state index contributed by atoms with van der Waals surface area (Å²) in [4.78, 5) is 28.2. The summed E-state index contributed by atoms with van der Waals surface area (Å²) in [5.74, 6) is -0.416. The van der Waals surface area contributed by atoms with Crippen molar-refractivity contribution in [2.75, 3.05) is 0 Å². The molecule has 0 fully saturated rings. The summed E-state index contributed by atoms with van der Waals surface area (Å²) in [5.41, 5.74) is 2.54. The number of aromatic nitrogens is 2. The van der Waals surface area contributed by atoms with E-state index in [-0.39, 0.29) is 5.56 Å². The minimum Gasteiger partial charge on any atom is -0.279 e. The first-order chi connectivity index (χ1) is 13.4. The lowest BCUT2D eigenvalue weighted by molar-refractivity contribution is 0.626.